The van der Waals surface area contributed by atoms with E-state index in [1.807, 2.05) is 12.1 Å². The van der Waals surface area contributed by atoms with Gasteiger partial charge in [0.2, 0.25) is 0 Å². The van der Waals surface area contributed by atoms with Crippen molar-refractivity contribution in [2.75, 3.05) is 13.1 Å². The van der Waals surface area contributed by atoms with Crippen molar-refractivity contribution >= 4 is 26.8 Å². The summed E-state index contributed by atoms with van der Waals surface area (Å²) in [5.41, 5.74) is 1.57. The predicted octanol–water partition coefficient (Wildman–Crippen LogP) is 5.72. The molecule has 2 nitrogen and oxygen atoms in total. The van der Waals surface area contributed by atoms with Crippen LogP contribution in [-0.2, 0) is 6.42 Å². The maximum absolute atomic E-state index is 14.7. The summed E-state index contributed by atoms with van der Waals surface area (Å²) in [6, 6.07) is 8.24. The van der Waals surface area contributed by atoms with Crippen LogP contribution in [0.2, 0.25) is 0 Å². The third kappa shape index (κ3) is 3.36. The second-order valence-corrected chi connectivity index (χ2v) is 7.50. The van der Waals surface area contributed by atoms with Gasteiger partial charge in [0.15, 0.2) is 0 Å². The van der Waals surface area contributed by atoms with Crippen LogP contribution in [0.3, 0.4) is 0 Å². The molecule has 1 aliphatic heterocycles. The maximum Gasteiger partial charge on any atom is 0.401 e. The lowest BCUT2D eigenvalue weighted by molar-refractivity contribution is -0.150. The van der Waals surface area contributed by atoms with Crippen LogP contribution in [0.25, 0.3) is 10.9 Å². The molecular formula is C19H14BrF5N2. The van der Waals surface area contributed by atoms with Crippen LogP contribution < -0.4 is 0 Å². The van der Waals surface area contributed by atoms with Crippen LogP contribution in [0.15, 0.2) is 40.9 Å². The highest BCUT2D eigenvalue weighted by molar-refractivity contribution is 9.10. The number of nitrogens with one attached hydrogen (secondary N) is 1. The van der Waals surface area contributed by atoms with E-state index < -0.39 is 30.4 Å². The van der Waals surface area contributed by atoms with E-state index in [4.69, 9.17) is 0 Å². The summed E-state index contributed by atoms with van der Waals surface area (Å²) in [4.78, 5) is 4.17. The highest BCUT2D eigenvalue weighted by atomic mass is 79.9. The molecule has 142 valence electrons. The van der Waals surface area contributed by atoms with Crippen LogP contribution >= 0.6 is 15.9 Å². The molecule has 0 saturated carbocycles. The Morgan fingerprint density at radius 2 is 1.78 bits per heavy atom. The van der Waals surface area contributed by atoms with Crippen molar-refractivity contribution in [3.05, 3.63) is 69.3 Å². The van der Waals surface area contributed by atoms with Gasteiger partial charge in [-0.1, -0.05) is 34.1 Å². The first kappa shape index (κ1) is 18.4. The third-order valence-corrected chi connectivity index (χ3v) is 5.29. The first-order valence-electron chi connectivity index (χ1n) is 8.29. The summed E-state index contributed by atoms with van der Waals surface area (Å²) in [5, 5.41) is 0.863. The minimum Gasteiger partial charge on any atom is -0.357 e. The van der Waals surface area contributed by atoms with Gasteiger partial charge in [0, 0.05) is 33.2 Å². The minimum atomic E-state index is -4.48. The molecule has 0 radical (unpaired) electrons. The van der Waals surface area contributed by atoms with Gasteiger partial charge < -0.3 is 4.98 Å². The Labute approximate surface area is 160 Å². The van der Waals surface area contributed by atoms with Gasteiger partial charge in [0.25, 0.3) is 0 Å². The monoisotopic (exact) mass is 444 g/mol. The summed E-state index contributed by atoms with van der Waals surface area (Å²) in [5.74, 6) is -1.77. The Morgan fingerprint density at radius 1 is 1.11 bits per heavy atom. The SMILES string of the molecule is Fc1cc(Br)cc(F)c1C1c2[nH]c3ccccc3c2CCN1CC(F)(F)F. The quantitative estimate of drug-likeness (QED) is 0.501. The number of aromatic nitrogens is 1. The smallest absolute Gasteiger partial charge is 0.357 e. The van der Waals surface area contributed by atoms with E-state index in [1.165, 1.54) is 0 Å². The topological polar surface area (TPSA) is 19.0 Å². The Hall–Kier alpha value is -1.93. The average molecular weight is 445 g/mol. The Balaban J connectivity index is 1.93. The van der Waals surface area contributed by atoms with E-state index in [-0.39, 0.29) is 16.6 Å². The van der Waals surface area contributed by atoms with Gasteiger partial charge in [0.05, 0.1) is 12.6 Å². The molecule has 1 atom stereocenters. The highest BCUT2D eigenvalue weighted by Gasteiger charge is 2.40. The molecule has 1 N–H and O–H groups in total. The van der Waals surface area contributed by atoms with E-state index in [0.717, 1.165) is 33.5 Å². The third-order valence-electron chi connectivity index (χ3n) is 4.83. The molecule has 27 heavy (non-hydrogen) atoms. The lowest BCUT2D eigenvalue weighted by Crippen LogP contribution is -2.42. The number of alkyl halides is 3. The zero-order valence-corrected chi connectivity index (χ0v) is 15.5. The van der Waals surface area contributed by atoms with E-state index >= 15 is 0 Å². The second kappa shape index (κ2) is 6.60. The van der Waals surface area contributed by atoms with E-state index in [1.54, 1.807) is 12.1 Å². The van der Waals surface area contributed by atoms with Crippen molar-refractivity contribution < 1.29 is 22.0 Å². The first-order chi connectivity index (χ1) is 12.7. The van der Waals surface area contributed by atoms with Crippen LogP contribution in [0.5, 0.6) is 0 Å². The van der Waals surface area contributed by atoms with Gasteiger partial charge in [-0.05, 0) is 30.2 Å². The molecule has 1 aliphatic rings. The van der Waals surface area contributed by atoms with Gasteiger partial charge in [-0.2, -0.15) is 13.2 Å². The summed E-state index contributed by atoms with van der Waals surface area (Å²) < 4.78 is 68.9. The number of benzene rings is 2. The number of hydrogen-bond donors (Lipinski definition) is 1. The number of para-hydroxylation sites is 1. The number of aromatic amines is 1. The van der Waals surface area contributed by atoms with Crippen LogP contribution in [0, 0.1) is 11.6 Å². The molecule has 2 heterocycles. The molecule has 0 spiro atoms. The van der Waals surface area contributed by atoms with E-state index in [9.17, 15) is 22.0 Å². The first-order valence-corrected chi connectivity index (χ1v) is 9.08. The molecule has 0 amide bonds. The molecule has 0 fully saturated rings. The number of rotatable bonds is 2. The van der Waals surface area contributed by atoms with Crippen molar-refractivity contribution in [3.8, 4) is 0 Å². The molecule has 8 heteroatoms. The number of nitrogens with zero attached hydrogens (tertiary/aromatic N) is 1. The van der Waals surface area contributed by atoms with Gasteiger partial charge in [-0.25, -0.2) is 8.78 Å². The summed E-state index contributed by atoms with van der Waals surface area (Å²) in [7, 11) is 0. The number of hydrogen-bond acceptors (Lipinski definition) is 1. The fraction of sp³-hybridized carbons (Fsp3) is 0.263. The summed E-state index contributed by atoms with van der Waals surface area (Å²) in [6.07, 6.45) is -4.12. The highest BCUT2D eigenvalue weighted by Crippen LogP contribution is 2.41. The van der Waals surface area contributed by atoms with E-state index in [0.29, 0.717) is 12.1 Å². The lowest BCUT2D eigenvalue weighted by Gasteiger charge is -2.36. The lowest BCUT2D eigenvalue weighted by atomic mass is 9.91. The summed E-state index contributed by atoms with van der Waals surface area (Å²) in [6.45, 7) is -1.20. The molecule has 0 saturated heterocycles. The van der Waals surface area contributed by atoms with Gasteiger partial charge >= 0.3 is 6.18 Å². The van der Waals surface area contributed by atoms with Crippen molar-refractivity contribution in [1.82, 2.24) is 9.88 Å². The van der Waals surface area contributed by atoms with E-state index in [2.05, 4.69) is 20.9 Å². The molecule has 4 rings (SSSR count). The maximum atomic E-state index is 14.7. The zero-order valence-electron chi connectivity index (χ0n) is 13.9. The van der Waals surface area contributed by atoms with Crippen molar-refractivity contribution in [3.63, 3.8) is 0 Å². The Kier molecular flexibility index (Phi) is 4.50. The molecule has 1 unspecified atom stereocenters. The molecule has 0 aliphatic carbocycles. The van der Waals surface area contributed by atoms with Gasteiger partial charge in [0.1, 0.15) is 11.6 Å². The largest absolute Gasteiger partial charge is 0.401 e. The van der Waals surface area contributed by atoms with Crippen LogP contribution in [0.1, 0.15) is 22.9 Å². The fourth-order valence-corrected chi connectivity index (χ4v) is 4.23. The van der Waals surface area contributed by atoms with Gasteiger partial charge in [-0.15, -0.1) is 0 Å². The zero-order chi connectivity index (χ0) is 19.3. The standard InChI is InChI=1S/C19H14BrF5N2/c20-10-7-13(21)16(14(22)8-10)18-17-12(5-6-27(18)9-19(23,24)25)11-3-1-2-4-15(11)26-17/h1-4,7-8,18,26H,5-6,9H2. The molecule has 1 aromatic heterocycles. The summed E-state index contributed by atoms with van der Waals surface area (Å²) >= 11 is 3.01. The molecular weight excluding hydrogens is 431 g/mol. The van der Waals surface area contributed by atoms with Gasteiger partial charge in [-0.3, -0.25) is 4.90 Å². The number of fused-ring (bicyclic) bond motifs is 3. The van der Waals surface area contributed by atoms with Crippen LogP contribution in [0.4, 0.5) is 22.0 Å². The normalized spacial score (nSPS) is 18.1. The minimum absolute atomic E-state index is 0.0496. The van der Waals surface area contributed by atoms with Crippen molar-refractivity contribution in [1.29, 1.82) is 0 Å². The molecule has 2 aromatic carbocycles. The number of halogens is 6. The van der Waals surface area contributed by atoms with Crippen molar-refractivity contribution in [2.45, 2.75) is 18.6 Å². The fourth-order valence-electron chi connectivity index (χ4n) is 3.83. The second-order valence-electron chi connectivity index (χ2n) is 6.58. The van der Waals surface area contributed by atoms with Crippen molar-refractivity contribution in [2.24, 2.45) is 0 Å². The molecule has 3 aromatic rings. The number of H-pyrrole nitrogens is 1. The molecule has 0 bridgehead atoms. The van der Waals surface area contributed by atoms with Crippen LogP contribution in [-0.4, -0.2) is 29.1 Å². The Bertz CT molecular complexity index is 988. The Morgan fingerprint density at radius 3 is 2.44 bits per heavy atom. The predicted molar refractivity (Wildman–Crippen MR) is 95.5 cm³/mol. The average Bonchev–Trinajstić information content (AvgIpc) is 2.93.